The van der Waals surface area contributed by atoms with Crippen LogP contribution in [0.15, 0.2) is 30.3 Å². The summed E-state index contributed by atoms with van der Waals surface area (Å²) in [6.07, 6.45) is 6.35. The molecule has 0 aliphatic heterocycles. The highest BCUT2D eigenvalue weighted by atomic mass is 32.1. The van der Waals surface area contributed by atoms with E-state index in [1.54, 1.807) is 0 Å². The zero-order chi connectivity index (χ0) is 17.6. The van der Waals surface area contributed by atoms with Crippen LogP contribution in [0.3, 0.4) is 0 Å². The van der Waals surface area contributed by atoms with E-state index in [2.05, 4.69) is 25.9 Å². The molecule has 25 heavy (non-hydrogen) atoms. The molecule has 0 saturated heterocycles. The van der Waals surface area contributed by atoms with Crippen LogP contribution in [0.2, 0.25) is 0 Å². The van der Waals surface area contributed by atoms with Gasteiger partial charge in [-0.1, -0.05) is 19.3 Å². The van der Waals surface area contributed by atoms with E-state index in [1.165, 1.54) is 32.1 Å². The third kappa shape index (κ3) is 5.39. The van der Waals surface area contributed by atoms with Crippen molar-refractivity contribution in [2.45, 2.75) is 52.0 Å². The fourth-order valence-corrected chi connectivity index (χ4v) is 3.43. The summed E-state index contributed by atoms with van der Waals surface area (Å²) < 4.78 is 0. The van der Waals surface area contributed by atoms with Crippen molar-refractivity contribution in [3.05, 3.63) is 41.7 Å². The molecule has 0 unspecified atom stereocenters. The predicted molar refractivity (Wildman–Crippen MR) is 107 cm³/mol. The van der Waals surface area contributed by atoms with Gasteiger partial charge in [0.15, 0.2) is 5.11 Å². The Labute approximate surface area is 154 Å². The number of thiocarbonyl (C=S) groups is 1. The molecular weight excluding hydrogens is 330 g/mol. The molecule has 1 aromatic heterocycles. The first-order valence-corrected chi connectivity index (χ1v) is 9.26. The molecule has 0 radical (unpaired) electrons. The zero-order valence-electron chi connectivity index (χ0n) is 14.8. The molecule has 0 atom stereocenters. The second-order valence-corrected chi connectivity index (χ2v) is 7.02. The molecule has 1 saturated carbocycles. The van der Waals surface area contributed by atoms with E-state index >= 15 is 0 Å². The smallest absolute Gasteiger partial charge is 0.227 e. The topological polar surface area (TPSA) is 61.9 Å². The average molecular weight is 356 g/mol. The maximum absolute atomic E-state index is 5.43. The summed E-state index contributed by atoms with van der Waals surface area (Å²) in [5, 5.41) is 10.6. The Morgan fingerprint density at radius 1 is 0.960 bits per heavy atom. The molecule has 2 aromatic rings. The lowest BCUT2D eigenvalue weighted by atomic mass is 9.96. The molecule has 1 aliphatic rings. The number of benzene rings is 1. The number of hydrogen-bond donors (Lipinski definition) is 3. The van der Waals surface area contributed by atoms with Gasteiger partial charge >= 0.3 is 0 Å². The van der Waals surface area contributed by atoms with Crippen LogP contribution < -0.4 is 16.0 Å². The largest absolute Gasteiger partial charge is 0.360 e. The van der Waals surface area contributed by atoms with Crippen molar-refractivity contribution in [3.63, 3.8) is 0 Å². The van der Waals surface area contributed by atoms with E-state index in [0.717, 1.165) is 22.8 Å². The van der Waals surface area contributed by atoms with Gasteiger partial charge in [0.1, 0.15) is 0 Å². The van der Waals surface area contributed by atoms with Crippen LogP contribution in [0, 0.1) is 13.8 Å². The SMILES string of the molecule is Cc1cc(C)nc(Nc2ccc(NC(=S)NC3CCCCC3)cc2)n1. The molecule has 0 spiro atoms. The first-order chi connectivity index (χ1) is 12.1. The minimum absolute atomic E-state index is 0.511. The van der Waals surface area contributed by atoms with Gasteiger partial charge in [0.05, 0.1) is 0 Å². The highest BCUT2D eigenvalue weighted by molar-refractivity contribution is 7.80. The van der Waals surface area contributed by atoms with Crippen LogP contribution in [0.1, 0.15) is 43.5 Å². The molecule has 3 N–H and O–H groups in total. The van der Waals surface area contributed by atoms with Crippen LogP contribution >= 0.6 is 12.2 Å². The number of aryl methyl sites for hydroxylation is 2. The Morgan fingerprint density at radius 2 is 1.56 bits per heavy atom. The van der Waals surface area contributed by atoms with Gasteiger partial charge in [-0.25, -0.2) is 9.97 Å². The van der Waals surface area contributed by atoms with Gasteiger partial charge in [-0.2, -0.15) is 0 Å². The number of hydrogen-bond acceptors (Lipinski definition) is 4. The molecular formula is C19H25N5S. The third-order valence-electron chi connectivity index (χ3n) is 4.32. The van der Waals surface area contributed by atoms with Gasteiger partial charge in [0.25, 0.3) is 0 Å². The third-order valence-corrected chi connectivity index (χ3v) is 4.54. The molecule has 1 heterocycles. The van der Waals surface area contributed by atoms with E-state index < -0.39 is 0 Å². The van der Waals surface area contributed by atoms with Crippen molar-refractivity contribution in [1.29, 1.82) is 0 Å². The van der Waals surface area contributed by atoms with E-state index in [4.69, 9.17) is 12.2 Å². The molecule has 3 rings (SSSR count). The highest BCUT2D eigenvalue weighted by Gasteiger charge is 2.13. The Morgan fingerprint density at radius 3 is 2.20 bits per heavy atom. The Balaban J connectivity index is 1.55. The van der Waals surface area contributed by atoms with E-state index in [1.807, 2.05) is 44.2 Å². The first kappa shape index (κ1) is 17.6. The zero-order valence-corrected chi connectivity index (χ0v) is 15.6. The summed E-state index contributed by atoms with van der Waals surface area (Å²) in [6.45, 7) is 3.93. The highest BCUT2D eigenvalue weighted by Crippen LogP contribution is 2.19. The number of aromatic nitrogens is 2. The Hall–Kier alpha value is -2.21. The molecule has 1 aromatic carbocycles. The second kappa shape index (κ2) is 8.25. The van der Waals surface area contributed by atoms with Gasteiger partial charge in [0.2, 0.25) is 5.95 Å². The summed E-state index contributed by atoms with van der Waals surface area (Å²) in [7, 11) is 0. The van der Waals surface area contributed by atoms with E-state index in [9.17, 15) is 0 Å². The molecule has 6 heteroatoms. The summed E-state index contributed by atoms with van der Waals surface area (Å²) >= 11 is 5.43. The van der Waals surface area contributed by atoms with Crippen molar-refractivity contribution in [2.75, 3.05) is 10.6 Å². The van der Waals surface area contributed by atoms with Crippen LogP contribution in [0.4, 0.5) is 17.3 Å². The molecule has 0 bridgehead atoms. The fraction of sp³-hybridized carbons (Fsp3) is 0.421. The maximum Gasteiger partial charge on any atom is 0.227 e. The van der Waals surface area contributed by atoms with Gasteiger partial charge in [-0.05, 0) is 69.2 Å². The lowest BCUT2D eigenvalue weighted by Gasteiger charge is -2.24. The van der Waals surface area contributed by atoms with Crippen molar-refractivity contribution < 1.29 is 0 Å². The van der Waals surface area contributed by atoms with Crippen LogP contribution in [0.5, 0.6) is 0 Å². The van der Waals surface area contributed by atoms with Crippen LogP contribution in [0.25, 0.3) is 0 Å². The normalized spacial score (nSPS) is 14.8. The van der Waals surface area contributed by atoms with Crippen molar-refractivity contribution >= 4 is 34.7 Å². The van der Waals surface area contributed by atoms with Gasteiger partial charge in [-0.3, -0.25) is 0 Å². The monoisotopic (exact) mass is 355 g/mol. The number of nitrogens with zero attached hydrogens (tertiary/aromatic N) is 2. The van der Waals surface area contributed by atoms with Gasteiger partial charge in [0, 0.05) is 28.8 Å². The Bertz CT molecular complexity index is 703. The summed E-state index contributed by atoms with van der Waals surface area (Å²) in [6, 6.07) is 10.5. The van der Waals surface area contributed by atoms with Crippen molar-refractivity contribution in [1.82, 2.24) is 15.3 Å². The molecule has 1 aliphatic carbocycles. The minimum Gasteiger partial charge on any atom is -0.360 e. The lowest BCUT2D eigenvalue weighted by Crippen LogP contribution is -2.38. The standard InChI is InChI=1S/C19H25N5S/c1-13-12-14(2)21-18(20-13)22-16-8-10-17(11-9-16)24-19(25)23-15-6-4-3-5-7-15/h8-12,15H,3-7H2,1-2H3,(H,20,21,22)(H2,23,24,25). The molecule has 1 fully saturated rings. The van der Waals surface area contributed by atoms with Crippen molar-refractivity contribution in [3.8, 4) is 0 Å². The maximum atomic E-state index is 5.43. The van der Waals surface area contributed by atoms with Crippen molar-refractivity contribution in [2.24, 2.45) is 0 Å². The quantitative estimate of drug-likeness (QED) is 0.704. The number of nitrogens with one attached hydrogen (secondary N) is 3. The van der Waals surface area contributed by atoms with E-state index in [-0.39, 0.29) is 0 Å². The number of anilines is 3. The first-order valence-electron chi connectivity index (χ1n) is 8.85. The van der Waals surface area contributed by atoms with E-state index in [0.29, 0.717) is 17.1 Å². The minimum atomic E-state index is 0.511. The van der Waals surface area contributed by atoms with Crippen LogP contribution in [-0.4, -0.2) is 21.1 Å². The summed E-state index contributed by atoms with van der Waals surface area (Å²) in [5.74, 6) is 0.618. The fourth-order valence-electron chi connectivity index (χ4n) is 3.15. The van der Waals surface area contributed by atoms with Crippen LogP contribution in [-0.2, 0) is 0 Å². The second-order valence-electron chi connectivity index (χ2n) is 6.61. The lowest BCUT2D eigenvalue weighted by molar-refractivity contribution is 0.415. The predicted octanol–water partition coefficient (Wildman–Crippen LogP) is 4.46. The average Bonchev–Trinajstić information content (AvgIpc) is 2.56. The molecule has 5 nitrogen and oxygen atoms in total. The van der Waals surface area contributed by atoms with Gasteiger partial charge in [-0.15, -0.1) is 0 Å². The Kier molecular flexibility index (Phi) is 5.81. The number of rotatable bonds is 4. The molecule has 0 amide bonds. The summed E-state index contributed by atoms with van der Waals surface area (Å²) in [5.41, 5.74) is 3.82. The molecule has 132 valence electrons. The van der Waals surface area contributed by atoms with Gasteiger partial charge < -0.3 is 16.0 Å². The summed E-state index contributed by atoms with van der Waals surface area (Å²) in [4.78, 5) is 8.79.